The first kappa shape index (κ1) is 25.3. The second kappa shape index (κ2) is 10.8. The lowest BCUT2D eigenvalue weighted by atomic mass is 10.1. The number of nitrogens with one attached hydrogen (secondary N) is 1. The van der Waals surface area contributed by atoms with Crippen molar-refractivity contribution in [2.75, 3.05) is 48.0 Å². The van der Waals surface area contributed by atoms with E-state index < -0.39 is 23.8 Å². The molecule has 1 unspecified atom stereocenters. The van der Waals surface area contributed by atoms with E-state index in [0.29, 0.717) is 0 Å². The Hall–Kier alpha value is -3.82. The molecular weight excluding hydrogens is 466 g/mol. The number of anilines is 3. The van der Waals surface area contributed by atoms with Crippen molar-refractivity contribution in [3.05, 3.63) is 41.2 Å². The molecule has 1 N–H and O–H groups in total. The molecule has 1 aromatic carbocycles. The summed E-state index contributed by atoms with van der Waals surface area (Å²) in [6.07, 6.45) is 2.37. The topological polar surface area (TPSA) is 118 Å². The molecule has 0 aliphatic carbocycles. The van der Waals surface area contributed by atoms with Crippen molar-refractivity contribution in [3.8, 4) is 0 Å². The molecular formula is C26H31N3O7. The number of esters is 2. The molecule has 2 aliphatic rings. The zero-order chi connectivity index (χ0) is 25.8. The van der Waals surface area contributed by atoms with Crippen LogP contribution in [0.3, 0.4) is 0 Å². The Morgan fingerprint density at radius 1 is 0.972 bits per heavy atom. The summed E-state index contributed by atoms with van der Waals surface area (Å²) in [6, 6.07) is 7.78. The Morgan fingerprint density at radius 2 is 1.56 bits per heavy atom. The van der Waals surface area contributed by atoms with Gasteiger partial charge in [-0.3, -0.25) is 14.9 Å². The number of rotatable bonds is 8. The third-order valence-corrected chi connectivity index (χ3v) is 6.41. The van der Waals surface area contributed by atoms with Gasteiger partial charge in [0.25, 0.3) is 0 Å². The Kier molecular flexibility index (Phi) is 7.61. The smallest absolute Gasteiger partial charge is 0.344 e. The molecule has 3 heterocycles. The standard InChI is InChI=1S/C26H31N3O7/c1-4-34-25(32)21-16(3)36-24(22(21)26(33)35-5-2)27-23(31)17-14-20(30)29(15-17)19-10-8-18(9-11-19)28-12-6-7-13-28/h8-11,17H,4-7,12-15H2,1-3H3,(H,27,31). The van der Waals surface area contributed by atoms with Gasteiger partial charge in [0.2, 0.25) is 17.7 Å². The summed E-state index contributed by atoms with van der Waals surface area (Å²) in [4.78, 5) is 54.8. The molecule has 2 aliphatic heterocycles. The number of hydrogen-bond donors (Lipinski definition) is 1. The lowest BCUT2D eigenvalue weighted by Gasteiger charge is -2.20. The first-order chi connectivity index (χ1) is 17.3. The first-order valence-electron chi connectivity index (χ1n) is 12.3. The van der Waals surface area contributed by atoms with Crippen LogP contribution in [0.15, 0.2) is 28.7 Å². The lowest BCUT2D eigenvalue weighted by molar-refractivity contribution is -0.122. The maximum atomic E-state index is 13.1. The molecule has 10 heteroatoms. The zero-order valence-corrected chi connectivity index (χ0v) is 20.8. The van der Waals surface area contributed by atoms with Crippen LogP contribution in [0.5, 0.6) is 0 Å². The summed E-state index contributed by atoms with van der Waals surface area (Å²) in [5.41, 5.74) is 1.56. The molecule has 2 aromatic rings. The van der Waals surface area contributed by atoms with Crippen LogP contribution in [0.25, 0.3) is 0 Å². The van der Waals surface area contributed by atoms with Crippen LogP contribution in [0, 0.1) is 12.8 Å². The van der Waals surface area contributed by atoms with Gasteiger partial charge in [-0.15, -0.1) is 0 Å². The van der Waals surface area contributed by atoms with Gasteiger partial charge in [0.1, 0.15) is 16.9 Å². The van der Waals surface area contributed by atoms with Crippen LogP contribution in [-0.2, 0) is 19.1 Å². The van der Waals surface area contributed by atoms with Gasteiger partial charge in [-0.05, 0) is 57.9 Å². The highest BCUT2D eigenvalue weighted by Gasteiger charge is 2.37. The van der Waals surface area contributed by atoms with Crippen molar-refractivity contribution < 1.29 is 33.1 Å². The normalized spacial score (nSPS) is 17.4. The van der Waals surface area contributed by atoms with Crippen molar-refractivity contribution in [2.24, 2.45) is 5.92 Å². The van der Waals surface area contributed by atoms with E-state index in [1.54, 1.807) is 18.7 Å². The predicted octanol–water partition coefficient (Wildman–Crippen LogP) is 3.53. The Morgan fingerprint density at radius 3 is 2.17 bits per heavy atom. The summed E-state index contributed by atoms with van der Waals surface area (Å²) >= 11 is 0. The summed E-state index contributed by atoms with van der Waals surface area (Å²) in [6.45, 7) is 7.19. The van der Waals surface area contributed by atoms with Crippen LogP contribution in [-0.4, -0.2) is 56.6 Å². The first-order valence-corrected chi connectivity index (χ1v) is 12.3. The quantitative estimate of drug-likeness (QED) is 0.550. The number of nitrogens with zero attached hydrogens (tertiary/aromatic N) is 2. The molecule has 1 aromatic heterocycles. The second-order valence-corrected chi connectivity index (χ2v) is 8.78. The van der Waals surface area contributed by atoms with E-state index in [2.05, 4.69) is 10.2 Å². The van der Waals surface area contributed by atoms with Gasteiger partial charge in [0.15, 0.2) is 0 Å². The number of benzene rings is 1. The molecule has 0 radical (unpaired) electrons. The number of carbonyl (C=O) groups excluding carboxylic acids is 4. The molecule has 0 saturated carbocycles. The fourth-order valence-corrected chi connectivity index (χ4v) is 4.65. The van der Waals surface area contributed by atoms with E-state index in [4.69, 9.17) is 13.9 Å². The third kappa shape index (κ3) is 5.07. The fraction of sp³-hybridized carbons (Fsp3) is 0.462. The molecule has 0 bridgehead atoms. The number of furan rings is 1. The van der Waals surface area contributed by atoms with Crippen molar-refractivity contribution in [3.63, 3.8) is 0 Å². The summed E-state index contributed by atoms with van der Waals surface area (Å²) in [5, 5.41) is 2.59. The molecule has 192 valence electrons. The molecule has 1 atom stereocenters. The van der Waals surface area contributed by atoms with E-state index in [9.17, 15) is 19.2 Å². The van der Waals surface area contributed by atoms with Crippen LogP contribution in [0.2, 0.25) is 0 Å². The molecule has 2 amide bonds. The van der Waals surface area contributed by atoms with Gasteiger partial charge in [-0.1, -0.05) is 0 Å². The van der Waals surface area contributed by atoms with Crippen molar-refractivity contribution in [2.45, 2.75) is 40.0 Å². The minimum Gasteiger partial charge on any atom is -0.462 e. The molecule has 0 spiro atoms. The highest BCUT2D eigenvalue weighted by molar-refractivity contribution is 6.10. The molecule has 10 nitrogen and oxygen atoms in total. The molecule has 36 heavy (non-hydrogen) atoms. The lowest BCUT2D eigenvalue weighted by Crippen LogP contribution is -2.28. The van der Waals surface area contributed by atoms with Crippen LogP contribution in [0.1, 0.15) is 59.6 Å². The maximum Gasteiger partial charge on any atom is 0.344 e. The van der Waals surface area contributed by atoms with Crippen molar-refractivity contribution in [1.82, 2.24) is 0 Å². The molecule has 2 saturated heterocycles. The monoisotopic (exact) mass is 497 g/mol. The fourth-order valence-electron chi connectivity index (χ4n) is 4.65. The Labute approximate surface area is 209 Å². The third-order valence-electron chi connectivity index (χ3n) is 6.41. The van der Waals surface area contributed by atoms with Crippen LogP contribution >= 0.6 is 0 Å². The van der Waals surface area contributed by atoms with E-state index in [1.807, 2.05) is 24.3 Å². The van der Waals surface area contributed by atoms with E-state index in [0.717, 1.165) is 24.5 Å². The molecule has 2 fully saturated rings. The van der Waals surface area contributed by atoms with Gasteiger partial charge >= 0.3 is 11.9 Å². The summed E-state index contributed by atoms with van der Waals surface area (Å²) in [5.74, 6) is -2.96. The number of ether oxygens (including phenoxy) is 2. The minimum atomic E-state index is -0.810. The highest BCUT2D eigenvalue weighted by Crippen LogP contribution is 2.32. The van der Waals surface area contributed by atoms with Gasteiger partial charge in [0, 0.05) is 37.4 Å². The zero-order valence-electron chi connectivity index (χ0n) is 20.8. The number of hydrogen-bond acceptors (Lipinski definition) is 8. The number of amides is 2. The van der Waals surface area contributed by atoms with E-state index in [1.165, 1.54) is 19.8 Å². The molecule has 4 rings (SSSR count). The van der Waals surface area contributed by atoms with E-state index in [-0.39, 0.29) is 54.9 Å². The number of carbonyl (C=O) groups is 4. The average Bonchev–Trinajstić information content (AvgIpc) is 3.58. The minimum absolute atomic E-state index is 0.0128. The SMILES string of the molecule is CCOC(=O)c1c(C)oc(NC(=O)C2CC(=O)N(c3ccc(N4CCCC4)cc3)C2)c1C(=O)OCC. The van der Waals surface area contributed by atoms with Crippen molar-refractivity contribution >= 4 is 41.0 Å². The summed E-state index contributed by atoms with van der Waals surface area (Å²) < 4.78 is 15.7. The van der Waals surface area contributed by atoms with Crippen molar-refractivity contribution in [1.29, 1.82) is 0 Å². The highest BCUT2D eigenvalue weighted by atomic mass is 16.5. The average molecular weight is 498 g/mol. The second-order valence-electron chi connectivity index (χ2n) is 8.78. The van der Waals surface area contributed by atoms with Gasteiger partial charge in [0.05, 0.1) is 19.1 Å². The maximum absolute atomic E-state index is 13.1. The predicted molar refractivity (Wildman–Crippen MR) is 132 cm³/mol. The largest absolute Gasteiger partial charge is 0.462 e. The van der Waals surface area contributed by atoms with Crippen LogP contribution < -0.4 is 15.1 Å². The van der Waals surface area contributed by atoms with Crippen LogP contribution in [0.4, 0.5) is 17.3 Å². The van der Waals surface area contributed by atoms with E-state index >= 15 is 0 Å². The summed E-state index contributed by atoms with van der Waals surface area (Å²) in [7, 11) is 0. The number of aryl methyl sites for hydroxylation is 1. The Bertz CT molecular complexity index is 1150. The van der Waals surface area contributed by atoms with Gasteiger partial charge < -0.3 is 23.7 Å². The Balaban J connectivity index is 1.50. The van der Waals surface area contributed by atoms with Gasteiger partial charge in [-0.2, -0.15) is 0 Å². The van der Waals surface area contributed by atoms with Gasteiger partial charge in [-0.25, -0.2) is 9.59 Å².